The average molecular weight is 249 g/mol. The maximum atomic E-state index is 11.4. The molecule has 1 aromatic carbocycles. The summed E-state index contributed by atoms with van der Waals surface area (Å²) in [6, 6.07) is 7.21. The number of rotatable bonds is 4. The van der Waals surface area contributed by atoms with E-state index in [9.17, 15) is 9.59 Å². The summed E-state index contributed by atoms with van der Waals surface area (Å²) >= 11 is 0. The lowest BCUT2D eigenvalue weighted by Gasteiger charge is -2.19. The van der Waals surface area contributed by atoms with E-state index in [4.69, 9.17) is 4.74 Å². The molecule has 1 aromatic rings. The first-order valence-electron chi connectivity index (χ1n) is 5.90. The number of ether oxygens (including phenoxy) is 1. The highest BCUT2D eigenvalue weighted by Crippen LogP contribution is 2.04. The van der Waals surface area contributed by atoms with Crippen molar-refractivity contribution in [3.8, 4) is 0 Å². The molecule has 0 heterocycles. The first-order chi connectivity index (χ1) is 8.40. The minimum atomic E-state index is -0.410. The molecule has 0 saturated heterocycles. The van der Waals surface area contributed by atoms with Crippen LogP contribution in [0.25, 0.3) is 0 Å². The number of amides is 1. The summed E-state index contributed by atoms with van der Waals surface area (Å²) in [5.41, 5.74) is 1.39. The molecule has 0 aliphatic rings. The molecule has 0 saturated carbocycles. The van der Waals surface area contributed by atoms with Gasteiger partial charge >= 0.3 is 6.09 Å². The van der Waals surface area contributed by atoms with Crippen LogP contribution in [0.5, 0.6) is 0 Å². The van der Waals surface area contributed by atoms with Crippen LogP contribution in [0.2, 0.25) is 0 Å². The Hall–Kier alpha value is -1.84. The number of aldehydes is 1. The standard InChI is InChI=1S/C14H19NO3/c1-14(2,3)15-13(17)18-9-8-11-4-6-12(10-16)7-5-11/h4-7,10H,8-9H2,1-3H3,(H,15,17). The molecule has 1 amide bonds. The lowest BCUT2D eigenvalue weighted by Crippen LogP contribution is -2.41. The van der Waals surface area contributed by atoms with Gasteiger partial charge in [-0.25, -0.2) is 4.79 Å². The third-order valence-electron chi connectivity index (χ3n) is 2.22. The number of hydrogen-bond acceptors (Lipinski definition) is 3. The van der Waals surface area contributed by atoms with E-state index in [-0.39, 0.29) is 5.54 Å². The summed E-state index contributed by atoms with van der Waals surface area (Å²) in [4.78, 5) is 21.8. The predicted molar refractivity (Wildman–Crippen MR) is 69.8 cm³/mol. The van der Waals surface area contributed by atoms with E-state index >= 15 is 0 Å². The molecule has 0 aromatic heterocycles. The SMILES string of the molecule is CC(C)(C)NC(=O)OCCc1ccc(C=O)cc1. The fraction of sp³-hybridized carbons (Fsp3) is 0.429. The van der Waals surface area contributed by atoms with Crippen LogP contribution < -0.4 is 5.32 Å². The average Bonchev–Trinajstić information content (AvgIpc) is 2.27. The number of carbonyl (C=O) groups is 2. The quantitative estimate of drug-likeness (QED) is 0.834. The van der Waals surface area contributed by atoms with Crippen molar-refractivity contribution in [2.75, 3.05) is 6.61 Å². The van der Waals surface area contributed by atoms with Crippen molar-refractivity contribution < 1.29 is 14.3 Å². The van der Waals surface area contributed by atoms with Crippen LogP contribution in [-0.4, -0.2) is 24.5 Å². The van der Waals surface area contributed by atoms with E-state index < -0.39 is 6.09 Å². The predicted octanol–water partition coefficient (Wildman–Crippen LogP) is 2.57. The van der Waals surface area contributed by atoms with E-state index in [1.165, 1.54) is 0 Å². The largest absolute Gasteiger partial charge is 0.449 e. The van der Waals surface area contributed by atoms with E-state index in [1.54, 1.807) is 12.1 Å². The minimum absolute atomic E-state index is 0.289. The smallest absolute Gasteiger partial charge is 0.407 e. The maximum Gasteiger partial charge on any atom is 0.407 e. The number of benzene rings is 1. The van der Waals surface area contributed by atoms with Gasteiger partial charge in [-0.3, -0.25) is 4.79 Å². The van der Waals surface area contributed by atoms with Crippen LogP contribution in [0, 0.1) is 0 Å². The van der Waals surface area contributed by atoms with Gasteiger partial charge in [0.2, 0.25) is 0 Å². The van der Waals surface area contributed by atoms with Gasteiger partial charge in [0.25, 0.3) is 0 Å². The van der Waals surface area contributed by atoms with E-state index in [0.717, 1.165) is 11.8 Å². The van der Waals surface area contributed by atoms with Gasteiger partial charge < -0.3 is 10.1 Å². The van der Waals surface area contributed by atoms with Crippen molar-refractivity contribution in [1.29, 1.82) is 0 Å². The Morgan fingerprint density at radius 3 is 2.39 bits per heavy atom. The van der Waals surface area contributed by atoms with Crippen molar-refractivity contribution in [3.63, 3.8) is 0 Å². The van der Waals surface area contributed by atoms with Crippen molar-refractivity contribution >= 4 is 12.4 Å². The first-order valence-corrected chi connectivity index (χ1v) is 5.90. The van der Waals surface area contributed by atoms with Crippen molar-refractivity contribution in [2.24, 2.45) is 0 Å². The third kappa shape index (κ3) is 5.48. The molecule has 1 rings (SSSR count). The number of nitrogens with one attached hydrogen (secondary N) is 1. The minimum Gasteiger partial charge on any atom is -0.449 e. The Kier molecular flexibility index (Phi) is 4.89. The monoisotopic (exact) mass is 249 g/mol. The van der Waals surface area contributed by atoms with E-state index in [1.807, 2.05) is 32.9 Å². The molecule has 0 aliphatic heterocycles. The Morgan fingerprint density at radius 1 is 1.28 bits per heavy atom. The highest BCUT2D eigenvalue weighted by atomic mass is 16.5. The normalized spacial score (nSPS) is 10.8. The maximum absolute atomic E-state index is 11.4. The number of carbonyl (C=O) groups excluding carboxylic acids is 2. The van der Waals surface area contributed by atoms with E-state index in [0.29, 0.717) is 18.6 Å². The second-order valence-electron chi connectivity index (χ2n) is 5.12. The van der Waals surface area contributed by atoms with Crippen LogP contribution in [0.3, 0.4) is 0 Å². The lowest BCUT2D eigenvalue weighted by molar-refractivity contribution is 0.112. The fourth-order valence-electron chi connectivity index (χ4n) is 1.37. The molecule has 4 heteroatoms. The van der Waals surface area contributed by atoms with Gasteiger partial charge in [-0.15, -0.1) is 0 Å². The molecule has 0 aliphatic carbocycles. The molecule has 1 N–H and O–H groups in total. The van der Waals surface area contributed by atoms with Crippen LogP contribution in [-0.2, 0) is 11.2 Å². The van der Waals surface area contributed by atoms with Gasteiger partial charge in [0, 0.05) is 17.5 Å². The fourth-order valence-corrected chi connectivity index (χ4v) is 1.37. The Balaban J connectivity index is 2.33. The molecule has 0 fully saturated rings. The molecule has 0 bridgehead atoms. The summed E-state index contributed by atoms with van der Waals surface area (Å²) in [6.07, 6.45) is 1.03. The van der Waals surface area contributed by atoms with Gasteiger partial charge in [-0.2, -0.15) is 0 Å². The highest BCUT2D eigenvalue weighted by molar-refractivity contribution is 5.74. The molecule has 98 valence electrons. The summed E-state index contributed by atoms with van der Waals surface area (Å²) in [5, 5.41) is 2.72. The Morgan fingerprint density at radius 2 is 1.89 bits per heavy atom. The first kappa shape index (κ1) is 14.2. The summed E-state index contributed by atoms with van der Waals surface area (Å²) < 4.78 is 5.06. The Bertz CT molecular complexity index is 404. The van der Waals surface area contributed by atoms with Crippen LogP contribution in [0.15, 0.2) is 24.3 Å². The van der Waals surface area contributed by atoms with Gasteiger partial charge in [0.15, 0.2) is 0 Å². The van der Waals surface area contributed by atoms with Crippen molar-refractivity contribution in [2.45, 2.75) is 32.7 Å². The zero-order chi connectivity index (χ0) is 13.6. The van der Waals surface area contributed by atoms with Gasteiger partial charge in [-0.1, -0.05) is 24.3 Å². The van der Waals surface area contributed by atoms with E-state index in [2.05, 4.69) is 5.32 Å². The number of hydrogen-bond donors (Lipinski definition) is 1. The van der Waals surface area contributed by atoms with Gasteiger partial charge in [0.1, 0.15) is 6.29 Å². The summed E-state index contributed by atoms with van der Waals surface area (Å²) in [5.74, 6) is 0. The topological polar surface area (TPSA) is 55.4 Å². The molecule has 18 heavy (non-hydrogen) atoms. The zero-order valence-corrected chi connectivity index (χ0v) is 11.0. The molecule has 0 unspecified atom stereocenters. The molecule has 0 radical (unpaired) electrons. The zero-order valence-electron chi connectivity index (χ0n) is 11.0. The van der Waals surface area contributed by atoms with Crippen molar-refractivity contribution in [1.82, 2.24) is 5.32 Å². The molecular formula is C14H19NO3. The third-order valence-corrected chi connectivity index (χ3v) is 2.22. The van der Waals surface area contributed by atoms with Crippen molar-refractivity contribution in [3.05, 3.63) is 35.4 Å². The van der Waals surface area contributed by atoms with Crippen LogP contribution in [0.4, 0.5) is 4.79 Å². The van der Waals surface area contributed by atoms with Crippen LogP contribution in [0.1, 0.15) is 36.7 Å². The van der Waals surface area contributed by atoms with Gasteiger partial charge in [0.05, 0.1) is 6.61 Å². The second-order valence-corrected chi connectivity index (χ2v) is 5.12. The second kappa shape index (κ2) is 6.19. The number of alkyl carbamates (subject to hydrolysis) is 1. The molecule has 4 nitrogen and oxygen atoms in total. The molecule has 0 atom stereocenters. The van der Waals surface area contributed by atoms with Gasteiger partial charge in [-0.05, 0) is 26.3 Å². The summed E-state index contributed by atoms with van der Waals surface area (Å²) in [7, 11) is 0. The highest BCUT2D eigenvalue weighted by Gasteiger charge is 2.14. The summed E-state index contributed by atoms with van der Waals surface area (Å²) in [6.45, 7) is 6.01. The Labute approximate surface area is 107 Å². The van der Waals surface area contributed by atoms with Crippen LogP contribution >= 0.6 is 0 Å². The molecular weight excluding hydrogens is 230 g/mol. The molecule has 0 spiro atoms. The lowest BCUT2D eigenvalue weighted by atomic mass is 10.1.